The smallest absolute Gasteiger partial charge is 0.251 e. The first-order valence-corrected chi connectivity index (χ1v) is 7.28. The maximum atomic E-state index is 12.2. The van der Waals surface area contributed by atoms with Gasteiger partial charge in [-0.3, -0.25) is 9.69 Å². The minimum Gasteiger partial charge on any atom is -0.379 e. The zero-order valence-electron chi connectivity index (χ0n) is 11.4. The van der Waals surface area contributed by atoms with Crippen LogP contribution in [0.5, 0.6) is 0 Å². The zero-order valence-corrected chi connectivity index (χ0v) is 11.4. The average molecular weight is 270 g/mol. The minimum atomic E-state index is 0.0539. The van der Waals surface area contributed by atoms with Gasteiger partial charge in [-0.1, -0.05) is 6.08 Å². The first kappa shape index (κ1) is 12.1. The van der Waals surface area contributed by atoms with E-state index in [1.807, 2.05) is 6.08 Å². The fraction of sp³-hybridized carbons (Fsp3) is 0.438. The SMILES string of the molecule is O=C(NCCN1CCOCC1)C1=C2C=C3CC3=C2C=C1. The van der Waals surface area contributed by atoms with Crippen LogP contribution in [0.2, 0.25) is 0 Å². The highest BCUT2D eigenvalue weighted by Gasteiger charge is 2.35. The lowest BCUT2D eigenvalue weighted by molar-refractivity contribution is -0.117. The molecule has 1 saturated heterocycles. The van der Waals surface area contributed by atoms with E-state index in [4.69, 9.17) is 4.74 Å². The summed E-state index contributed by atoms with van der Waals surface area (Å²) in [4.78, 5) is 14.6. The predicted octanol–water partition coefficient (Wildman–Crippen LogP) is 0.941. The molecule has 4 rings (SSSR count). The molecule has 4 aliphatic rings. The number of rotatable bonds is 4. The summed E-state index contributed by atoms with van der Waals surface area (Å²) in [6, 6.07) is 0. The van der Waals surface area contributed by atoms with Crippen molar-refractivity contribution in [2.75, 3.05) is 39.4 Å². The van der Waals surface area contributed by atoms with Crippen LogP contribution < -0.4 is 5.32 Å². The van der Waals surface area contributed by atoms with Crippen LogP contribution in [0, 0.1) is 0 Å². The number of nitrogens with zero attached hydrogens (tertiary/aromatic N) is 1. The molecule has 20 heavy (non-hydrogen) atoms. The summed E-state index contributed by atoms with van der Waals surface area (Å²) in [5.74, 6) is 0.0539. The molecule has 0 aromatic heterocycles. The van der Waals surface area contributed by atoms with E-state index in [0.717, 1.165) is 50.4 Å². The molecule has 1 saturated carbocycles. The van der Waals surface area contributed by atoms with E-state index in [2.05, 4.69) is 22.4 Å². The predicted molar refractivity (Wildman–Crippen MR) is 76.2 cm³/mol. The van der Waals surface area contributed by atoms with E-state index in [0.29, 0.717) is 6.54 Å². The van der Waals surface area contributed by atoms with Crippen molar-refractivity contribution in [2.24, 2.45) is 0 Å². The average Bonchev–Trinajstić information content (AvgIpc) is 2.95. The van der Waals surface area contributed by atoms with Gasteiger partial charge in [0.25, 0.3) is 5.91 Å². The topological polar surface area (TPSA) is 41.6 Å². The van der Waals surface area contributed by atoms with Crippen molar-refractivity contribution >= 4 is 5.91 Å². The number of hydrogen-bond acceptors (Lipinski definition) is 3. The highest BCUT2D eigenvalue weighted by Crippen LogP contribution is 2.51. The van der Waals surface area contributed by atoms with Crippen molar-refractivity contribution in [3.63, 3.8) is 0 Å². The van der Waals surface area contributed by atoms with Crippen molar-refractivity contribution in [1.82, 2.24) is 10.2 Å². The Kier molecular flexibility index (Phi) is 2.86. The van der Waals surface area contributed by atoms with Gasteiger partial charge in [0.15, 0.2) is 0 Å². The highest BCUT2D eigenvalue weighted by molar-refractivity contribution is 6.01. The zero-order chi connectivity index (χ0) is 13.5. The Morgan fingerprint density at radius 1 is 1.25 bits per heavy atom. The van der Waals surface area contributed by atoms with Gasteiger partial charge in [0, 0.05) is 31.8 Å². The lowest BCUT2D eigenvalue weighted by Crippen LogP contribution is -2.41. The molecule has 0 aromatic carbocycles. The lowest BCUT2D eigenvalue weighted by Gasteiger charge is -2.26. The number of hydrogen-bond donors (Lipinski definition) is 1. The van der Waals surface area contributed by atoms with E-state index >= 15 is 0 Å². The van der Waals surface area contributed by atoms with Gasteiger partial charge >= 0.3 is 0 Å². The number of carbonyl (C=O) groups excluding carboxylic acids is 1. The van der Waals surface area contributed by atoms with Gasteiger partial charge in [0.1, 0.15) is 0 Å². The second-order valence-corrected chi connectivity index (χ2v) is 5.61. The van der Waals surface area contributed by atoms with E-state index in [-0.39, 0.29) is 5.91 Å². The molecular weight excluding hydrogens is 252 g/mol. The molecule has 1 N–H and O–H groups in total. The van der Waals surface area contributed by atoms with Crippen LogP contribution in [-0.2, 0) is 9.53 Å². The standard InChI is InChI=1S/C16H18N2O2/c19-16(17-3-4-18-5-7-20-8-6-18)13-2-1-12-14-9-11(14)10-15(12)13/h1-2,10H,3-9H2,(H,17,19). The Bertz CT molecular complexity index is 590. The quantitative estimate of drug-likeness (QED) is 0.826. The minimum absolute atomic E-state index is 0.0539. The van der Waals surface area contributed by atoms with E-state index in [1.165, 1.54) is 16.7 Å². The second kappa shape index (κ2) is 4.72. The van der Waals surface area contributed by atoms with Gasteiger partial charge in [-0.05, 0) is 40.9 Å². The molecule has 0 bridgehead atoms. The molecular formula is C16H18N2O2. The molecule has 0 unspecified atom stereocenters. The highest BCUT2D eigenvalue weighted by atomic mass is 16.5. The summed E-state index contributed by atoms with van der Waals surface area (Å²) in [6.45, 7) is 5.13. The van der Waals surface area contributed by atoms with Crippen LogP contribution in [0.4, 0.5) is 0 Å². The number of carbonyl (C=O) groups is 1. The molecule has 3 aliphatic carbocycles. The molecule has 104 valence electrons. The molecule has 1 heterocycles. The van der Waals surface area contributed by atoms with Crippen LogP contribution >= 0.6 is 0 Å². The van der Waals surface area contributed by atoms with Crippen LogP contribution in [0.15, 0.2) is 46.1 Å². The van der Waals surface area contributed by atoms with E-state index < -0.39 is 0 Å². The van der Waals surface area contributed by atoms with Crippen molar-refractivity contribution < 1.29 is 9.53 Å². The number of amides is 1. The summed E-state index contributed by atoms with van der Waals surface area (Å²) in [6.07, 6.45) is 7.32. The van der Waals surface area contributed by atoms with Gasteiger partial charge in [-0.15, -0.1) is 0 Å². The van der Waals surface area contributed by atoms with Crippen LogP contribution in [-0.4, -0.2) is 50.2 Å². The third kappa shape index (κ3) is 2.05. The summed E-state index contributed by atoms with van der Waals surface area (Å²) in [7, 11) is 0. The van der Waals surface area contributed by atoms with Crippen molar-refractivity contribution in [2.45, 2.75) is 6.42 Å². The Labute approximate surface area is 118 Å². The number of morpholine rings is 1. The maximum absolute atomic E-state index is 12.2. The first-order chi connectivity index (χ1) is 9.83. The molecule has 0 radical (unpaired) electrons. The van der Waals surface area contributed by atoms with Crippen molar-refractivity contribution in [3.8, 4) is 0 Å². The summed E-state index contributed by atoms with van der Waals surface area (Å²) in [5.41, 5.74) is 6.09. The Balaban J connectivity index is 1.33. The monoisotopic (exact) mass is 270 g/mol. The normalized spacial score (nSPS) is 23.9. The first-order valence-electron chi connectivity index (χ1n) is 7.28. The van der Waals surface area contributed by atoms with E-state index in [1.54, 1.807) is 0 Å². The number of ether oxygens (including phenoxy) is 1. The number of nitrogens with one attached hydrogen (secondary N) is 1. The van der Waals surface area contributed by atoms with Gasteiger partial charge < -0.3 is 10.1 Å². The molecule has 0 aromatic rings. The molecule has 0 spiro atoms. The molecule has 1 amide bonds. The largest absolute Gasteiger partial charge is 0.379 e. The van der Waals surface area contributed by atoms with Crippen LogP contribution in [0.3, 0.4) is 0 Å². The van der Waals surface area contributed by atoms with Gasteiger partial charge in [0.2, 0.25) is 0 Å². The number of allylic oxidation sites excluding steroid dienone is 6. The van der Waals surface area contributed by atoms with Crippen LogP contribution in [0.1, 0.15) is 6.42 Å². The molecule has 4 nitrogen and oxygen atoms in total. The summed E-state index contributed by atoms with van der Waals surface area (Å²) < 4.78 is 5.31. The molecule has 0 atom stereocenters. The van der Waals surface area contributed by atoms with Gasteiger partial charge in [0.05, 0.1) is 13.2 Å². The Morgan fingerprint density at radius 3 is 2.95 bits per heavy atom. The van der Waals surface area contributed by atoms with E-state index in [9.17, 15) is 4.79 Å². The van der Waals surface area contributed by atoms with Gasteiger partial charge in [-0.2, -0.15) is 0 Å². The van der Waals surface area contributed by atoms with Crippen LogP contribution in [0.25, 0.3) is 0 Å². The number of fused-ring (bicyclic) bond motifs is 2. The molecule has 1 aliphatic heterocycles. The third-order valence-corrected chi connectivity index (χ3v) is 4.33. The Morgan fingerprint density at radius 2 is 2.10 bits per heavy atom. The third-order valence-electron chi connectivity index (χ3n) is 4.33. The summed E-state index contributed by atoms with van der Waals surface area (Å²) >= 11 is 0. The second-order valence-electron chi connectivity index (χ2n) is 5.61. The molecule has 4 heteroatoms. The lowest BCUT2D eigenvalue weighted by atomic mass is 10.1. The fourth-order valence-corrected chi connectivity index (χ4v) is 3.08. The summed E-state index contributed by atoms with van der Waals surface area (Å²) in [5, 5.41) is 3.03. The maximum Gasteiger partial charge on any atom is 0.251 e. The Hall–Kier alpha value is -1.65. The van der Waals surface area contributed by atoms with Crippen molar-refractivity contribution in [1.29, 1.82) is 0 Å². The van der Waals surface area contributed by atoms with Gasteiger partial charge in [-0.25, -0.2) is 0 Å². The van der Waals surface area contributed by atoms with Crippen molar-refractivity contribution in [3.05, 3.63) is 46.1 Å². The fourth-order valence-electron chi connectivity index (χ4n) is 3.08. The molecule has 2 fully saturated rings.